The topological polar surface area (TPSA) is 52.6 Å². The monoisotopic (exact) mass is 326 g/mol. The number of halogens is 1. The quantitative estimate of drug-likeness (QED) is 0.891. The smallest absolute Gasteiger partial charge is 0.307 e. The first-order chi connectivity index (χ1) is 8.97. The number of benzene rings is 1. The second-order valence-electron chi connectivity index (χ2n) is 5.32. The molecule has 0 saturated carbocycles. The van der Waals surface area contributed by atoms with Crippen LogP contribution in [-0.4, -0.2) is 36.6 Å². The van der Waals surface area contributed by atoms with Gasteiger partial charge < -0.3 is 15.3 Å². The molecule has 104 valence electrons. The molecule has 4 nitrogen and oxygen atoms in total. The van der Waals surface area contributed by atoms with Crippen molar-refractivity contribution in [3.05, 3.63) is 33.8 Å². The molecule has 1 aliphatic rings. The van der Waals surface area contributed by atoms with Crippen molar-refractivity contribution in [2.24, 2.45) is 5.92 Å². The lowest BCUT2D eigenvalue weighted by Crippen LogP contribution is -2.17. The maximum atomic E-state index is 11.0. The minimum Gasteiger partial charge on any atom is -0.481 e. The van der Waals surface area contributed by atoms with Crippen LogP contribution in [0.5, 0.6) is 0 Å². The minimum atomic E-state index is -0.710. The molecule has 19 heavy (non-hydrogen) atoms. The largest absolute Gasteiger partial charge is 0.481 e. The average molecular weight is 327 g/mol. The van der Waals surface area contributed by atoms with Gasteiger partial charge >= 0.3 is 5.97 Å². The van der Waals surface area contributed by atoms with Crippen LogP contribution >= 0.6 is 15.9 Å². The number of rotatable bonds is 4. The summed E-state index contributed by atoms with van der Waals surface area (Å²) < 4.78 is 1.08. The molecular formula is C14H19BrN2O2. The van der Waals surface area contributed by atoms with Crippen molar-refractivity contribution in [2.75, 3.05) is 20.6 Å². The van der Waals surface area contributed by atoms with E-state index in [1.807, 2.05) is 14.1 Å². The van der Waals surface area contributed by atoms with Crippen LogP contribution in [0.25, 0.3) is 0 Å². The van der Waals surface area contributed by atoms with E-state index in [0.29, 0.717) is 13.0 Å². The summed E-state index contributed by atoms with van der Waals surface area (Å²) in [6.45, 7) is 1.44. The summed E-state index contributed by atoms with van der Waals surface area (Å²) in [7, 11) is 4.08. The summed E-state index contributed by atoms with van der Waals surface area (Å²) in [5.41, 5.74) is 2.39. The first-order valence-corrected chi connectivity index (χ1v) is 7.16. The summed E-state index contributed by atoms with van der Waals surface area (Å²) in [5, 5.41) is 12.3. The van der Waals surface area contributed by atoms with Gasteiger partial charge in [-0.05, 0) is 37.7 Å². The van der Waals surface area contributed by atoms with E-state index in [4.69, 9.17) is 5.11 Å². The predicted octanol–water partition coefficient (Wildman–Crippen LogP) is 2.25. The Hall–Kier alpha value is -0.910. The molecule has 0 aliphatic carbocycles. The van der Waals surface area contributed by atoms with Crippen molar-refractivity contribution >= 4 is 21.9 Å². The summed E-state index contributed by atoms with van der Waals surface area (Å²) >= 11 is 3.60. The van der Waals surface area contributed by atoms with Crippen LogP contribution in [0.3, 0.4) is 0 Å². The molecule has 0 spiro atoms. The summed E-state index contributed by atoms with van der Waals surface area (Å²) in [4.78, 5) is 13.1. The third-order valence-corrected chi connectivity index (χ3v) is 4.18. The molecular weight excluding hydrogens is 308 g/mol. The van der Waals surface area contributed by atoms with Crippen LogP contribution < -0.4 is 5.32 Å². The Morgan fingerprint density at radius 1 is 1.53 bits per heavy atom. The molecule has 5 heteroatoms. The molecule has 0 amide bonds. The van der Waals surface area contributed by atoms with Crippen LogP contribution in [0.1, 0.15) is 23.6 Å². The van der Waals surface area contributed by atoms with Gasteiger partial charge in [-0.1, -0.05) is 28.1 Å². The number of nitrogens with one attached hydrogen (secondary N) is 1. The number of hydrogen-bond acceptors (Lipinski definition) is 3. The number of carbonyl (C=O) groups is 1. The highest BCUT2D eigenvalue weighted by Gasteiger charge is 2.30. The molecule has 0 radical (unpaired) electrons. The number of aliphatic carboxylic acids is 1. The lowest BCUT2D eigenvalue weighted by Gasteiger charge is -2.15. The van der Waals surface area contributed by atoms with E-state index in [-0.39, 0.29) is 12.0 Å². The van der Waals surface area contributed by atoms with Crippen molar-refractivity contribution in [2.45, 2.75) is 19.0 Å². The van der Waals surface area contributed by atoms with Crippen LogP contribution in [-0.2, 0) is 11.3 Å². The molecule has 2 N–H and O–H groups in total. The lowest BCUT2D eigenvalue weighted by atomic mass is 9.99. The molecule has 0 aromatic heterocycles. The van der Waals surface area contributed by atoms with Crippen LogP contribution in [0.15, 0.2) is 22.7 Å². The van der Waals surface area contributed by atoms with E-state index in [1.165, 1.54) is 5.56 Å². The fourth-order valence-electron chi connectivity index (χ4n) is 2.43. The van der Waals surface area contributed by atoms with Crippen LogP contribution in [0, 0.1) is 5.92 Å². The number of carboxylic acids is 1. The van der Waals surface area contributed by atoms with E-state index >= 15 is 0 Å². The van der Waals surface area contributed by atoms with Gasteiger partial charge in [-0.25, -0.2) is 0 Å². The van der Waals surface area contributed by atoms with Crippen molar-refractivity contribution in [3.63, 3.8) is 0 Å². The summed E-state index contributed by atoms with van der Waals surface area (Å²) in [6.07, 6.45) is 0.662. The first-order valence-electron chi connectivity index (χ1n) is 6.36. The molecule has 0 bridgehead atoms. The Balaban J connectivity index is 2.10. The summed E-state index contributed by atoms with van der Waals surface area (Å²) in [5.74, 6) is -0.983. The zero-order valence-corrected chi connectivity index (χ0v) is 12.8. The molecule has 1 heterocycles. The molecule has 2 atom stereocenters. The highest BCUT2D eigenvalue weighted by atomic mass is 79.9. The lowest BCUT2D eigenvalue weighted by molar-refractivity contribution is -0.141. The Labute approximate surface area is 121 Å². The van der Waals surface area contributed by atoms with Crippen molar-refractivity contribution in [3.8, 4) is 0 Å². The van der Waals surface area contributed by atoms with Crippen molar-refractivity contribution in [1.82, 2.24) is 10.2 Å². The number of hydrogen-bond donors (Lipinski definition) is 2. The molecule has 1 saturated heterocycles. The van der Waals surface area contributed by atoms with E-state index in [2.05, 4.69) is 44.3 Å². The Morgan fingerprint density at radius 3 is 2.79 bits per heavy atom. The Kier molecular flexibility index (Phi) is 4.60. The maximum absolute atomic E-state index is 11.0. The Morgan fingerprint density at radius 2 is 2.26 bits per heavy atom. The maximum Gasteiger partial charge on any atom is 0.307 e. The molecule has 2 unspecified atom stereocenters. The van der Waals surface area contributed by atoms with E-state index in [1.54, 1.807) is 0 Å². The van der Waals surface area contributed by atoms with Gasteiger partial charge in [0.25, 0.3) is 0 Å². The average Bonchev–Trinajstić information content (AvgIpc) is 2.80. The molecule has 1 fully saturated rings. The van der Waals surface area contributed by atoms with Gasteiger partial charge in [0.15, 0.2) is 0 Å². The van der Waals surface area contributed by atoms with E-state index in [0.717, 1.165) is 16.6 Å². The van der Waals surface area contributed by atoms with E-state index < -0.39 is 5.97 Å². The van der Waals surface area contributed by atoms with Gasteiger partial charge in [0.1, 0.15) is 0 Å². The van der Waals surface area contributed by atoms with Gasteiger partial charge in [-0.15, -0.1) is 0 Å². The zero-order chi connectivity index (χ0) is 14.0. The minimum absolute atomic E-state index is 0.144. The SMILES string of the molecule is CN(C)Cc1ccc(C2CC(C(=O)O)CN2)cc1Br. The Bertz CT molecular complexity index is 477. The molecule has 1 aromatic rings. The normalized spacial score (nSPS) is 22.9. The fraction of sp³-hybridized carbons (Fsp3) is 0.500. The third kappa shape index (κ3) is 3.55. The highest BCUT2D eigenvalue weighted by molar-refractivity contribution is 9.10. The number of carboxylic acid groups (broad SMARTS) is 1. The van der Waals surface area contributed by atoms with Crippen molar-refractivity contribution in [1.29, 1.82) is 0 Å². The molecule has 1 aliphatic heterocycles. The van der Waals surface area contributed by atoms with Crippen molar-refractivity contribution < 1.29 is 9.90 Å². The van der Waals surface area contributed by atoms with Gasteiger partial charge in [0, 0.05) is 23.6 Å². The van der Waals surface area contributed by atoms with Gasteiger partial charge in [0.05, 0.1) is 5.92 Å². The van der Waals surface area contributed by atoms with E-state index in [9.17, 15) is 4.79 Å². The molecule has 1 aromatic carbocycles. The second-order valence-corrected chi connectivity index (χ2v) is 6.17. The van der Waals surface area contributed by atoms with Crippen LogP contribution in [0.2, 0.25) is 0 Å². The fourth-order valence-corrected chi connectivity index (χ4v) is 2.95. The van der Waals surface area contributed by atoms with Crippen LogP contribution in [0.4, 0.5) is 0 Å². The standard InChI is InChI=1S/C14H19BrN2O2/c1-17(2)8-10-4-3-9(5-12(10)15)13-6-11(7-16-13)14(18)19/h3-5,11,13,16H,6-8H2,1-2H3,(H,18,19). The van der Waals surface area contributed by atoms with Gasteiger partial charge in [-0.3, -0.25) is 4.79 Å². The predicted molar refractivity (Wildman–Crippen MR) is 78.0 cm³/mol. The highest BCUT2D eigenvalue weighted by Crippen LogP contribution is 2.30. The first kappa shape index (κ1) is 14.5. The van der Waals surface area contributed by atoms with Gasteiger partial charge in [-0.2, -0.15) is 0 Å². The third-order valence-electron chi connectivity index (χ3n) is 3.45. The second kappa shape index (κ2) is 6.03. The molecule has 2 rings (SSSR count). The zero-order valence-electron chi connectivity index (χ0n) is 11.2. The summed E-state index contributed by atoms with van der Waals surface area (Å²) in [6, 6.07) is 6.44. The number of nitrogens with zero attached hydrogens (tertiary/aromatic N) is 1. The van der Waals surface area contributed by atoms with Gasteiger partial charge in [0.2, 0.25) is 0 Å².